The van der Waals surface area contributed by atoms with Crippen molar-refractivity contribution in [2.75, 3.05) is 5.43 Å². The highest BCUT2D eigenvalue weighted by Gasteiger charge is 2.26. The molecule has 0 amide bonds. The third-order valence-corrected chi connectivity index (χ3v) is 4.34. The van der Waals surface area contributed by atoms with E-state index < -0.39 is 4.92 Å². The van der Waals surface area contributed by atoms with Gasteiger partial charge in [0.2, 0.25) is 5.95 Å². The maximum atomic E-state index is 12.0. The van der Waals surface area contributed by atoms with E-state index in [1.54, 1.807) is 30.5 Å². The van der Waals surface area contributed by atoms with Crippen molar-refractivity contribution in [3.8, 4) is 22.5 Å². The molecule has 0 radical (unpaired) electrons. The molecule has 0 aliphatic carbocycles. The molecular formula is C23H17N5O2. The molecule has 0 unspecified atom stereocenters. The van der Waals surface area contributed by atoms with Crippen molar-refractivity contribution < 1.29 is 4.92 Å². The van der Waals surface area contributed by atoms with Crippen LogP contribution in [-0.2, 0) is 0 Å². The minimum atomic E-state index is -0.443. The highest BCUT2D eigenvalue weighted by Crippen LogP contribution is 2.36. The molecule has 0 fully saturated rings. The number of aromatic nitrogens is 2. The van der Waals surface area contributed by atoms with Crippen molar-refractivity contribution in [3.05, 3.63) is 107 Å². The van der Waals surface area contributed by atoms with Crippen molar-refractivity contribution in [3.63, 3.8) is 0 Å². The molecule has 0 saturated carbocycles. The number of hydrogen-bond donors (Lipinski definition) is 1. The molecule has 0 aliphatic rings. The van der Waals surface area contributed by atoms with E-state index in [1.165, 1.54) is 0 Å². The van der Waals surface area contributed by atoms with Gasteiger partial charge in [0.05, 0.1) is 11.1 Å². The van der Waals surface area contributed by atoms with Gasteiger partial charge in [-0.25, -0.2) is 15.4 Å². The lowest BCUT2D eigenvalue weighted by molar-refractivity contribution is -0.383. The van der Waals surface area contributed by atoms with Crippen LogP contribution in [-0.4, -0.2) is 21.1 Å². The lowest BCUT2D eigenvalue weighted by atomic mass is 10.1. The third kappa shape index (κ3) is 4.20. The molecular weight excluding hydrogens is 378 g/mol. The minimum absolute atomic E-state index is 0.148. The van der Waals surface area contributed by atoms with Crippen LogP contribution in [0.25, 0.3) is 22.5 Å². The molecule has 3 aromatic carbocycles. The van der Waals surface area contributed by atoms with E-state index in [9.17, 15) is 10.1 Å². The molecule has 4 rings (SSSR count). The topological polar surface area (TPSA) is 93.3 Å². The summed E-state index contributed by atoms with van der Waals surface area (Å²) in [5.74, 6) is 0.172. The van der Waals surface area contributed by atoms with Crippen LogP contribution in [0.3, 0.4) is 0 Å². The Morgan fingerprint density at radius 1 is 0.767 bits per heavy atom. The van der Waals surface area contributed by atoms with Crippen molar-refractivity contribution in [2.45, 2.75) is 0 Å². The Morgan fingerprint density at radius 3 is 1.70 bits per heavy atom. The lowest BCUT2D eigenvalue weighted by Gasteiger charge is -2.10. The number of benzene rings is 3. The summed E-state index contributed by atoms with van der Waals surface area (Å²) in [5, 5.41) is 16.2. The van der Waals surface area contributed by atoms with Crippen molar-refractivity contribution >= 4 is 17.9 Å². The largest absolute Gasteiger partial charge is 0.321 e. The summed E-state index contributed by atoms with van der Waals surface area (Å²) in [7, 11) is 0. The second-order valence-corrected chi connectivity index (χ2v) is 6.36. The fourth-order valence-corrected chi connectivity index (χ4v) is 2.98. The van der Waals surface area contributed by atoms with Gasteiger partial charge in [0.15, 0.2) is 11.4 Å². The first kappa shape index (κ1) is 18.9. The first-order chi connectivity index (χ1) is 14.7. The molecule has 30 heavy (non-hydrogen) atoms. The monoisotopic (exact) mass is 395 g/mol. The predicted molar refractivity (Wildman–Crippen MR) is 117 cm³/mol. The predicted octanol–water partition coefficient (Wildman–Crippen LogP) is 5.16. The molecule has 0 bridgehead atoms. The number of nitrogens with zero attached hydrogens (tertiary/aromatic N) is 4. The fourth-order valence-electron chi connectivity index (χ4n) is 2.98. The van der Waals surface area contributed by atoms with Gasteiger partial charge in [-0.05, 0) is 5.56 Å². The van der Waals surface area contributed by atoms with Crippen LogP contribution in [0.4, 0.5) is 11.6 Å². The van der Waals surface area contributed by atoms with Gasteiger partial charge in [-0.2, -0.15) is 5.10 Å². The number of rotatable bonds is 6. The molecule has 7 nitrogen and oxygen atoms in total. The normalized spacial score (nSPS) is 10.8. The Morgan fingerprint density at radius 2 is 1.23 bits per heavy atom. The molecule has 7 heteroatoms. The third-order valence-electron chi connectivity index (χ3n) is 4.34. The Hall–Kier alpha value is -4.39. The molecule has 0 spiro atoms. The van der Waals surface area contributed by atoms with Crippen LogP contribution in [0.1, 0.15) is 5.56 Å². The van der Waals surface area contributed by atoms with Crippen LogP contribution in [0.5, 0.6) is 0 Å². The van der Waals surface area contributed by atoms with E-state index in [-0.39, 0.29) is 23.0 Å². The van der Waals surface area contributed by atoms with Crippen LogP contribution < -0.4 is 5.43 Å². The molecule has 0 aliphatic heterocycles. The van der Waals surface area contributed by atoms with Crippen molar-refractivity contribution in [1.82, 2.24) is 9.97 Å². The zero-order valence-corrected chi connectivity index (χ0v) is 15.8. The van der Waals surface area contributed by atoms with Gasteiger partial charge in [0.25, 0.3) is 0 Å². The molecule has 1 aromatic heterocycles. The average molecular weight is 395 g/mol. The number of nitrogens with one attached hydrogen (secondary N) is 1. The van der Waals surface area contributed by atoms with Gasteiger partial charge in [0.1, 0.15) is 0 Å². The van der Waals surface area contributed by atoms with Crippen LogP contribution in [0.15, 0.2) is 96.1 Å². The summed E-state index contributed by atoms with van der Waals surface area (Å²) in [4.78, 5) is 20.3. The van der Waals surface area contributed by atoms with Crippen LogP contribution in [0.2, 0.25) is 0 Å². The SMILES string of the molecule is O=[N+]([O-])c1c(-c2ccccc2)nc(NN=Cc2ccccc2)nc1-c1ccccc1. The van der Waals surface area contributed by atoms with Gasteiger partial charge >= 0.3 is 5.69 Å². The summed E-state index contributed by atoms with van der Waals surface area (Å²) >= 11 is 0. The maximum Gasteiger partial charge on any atom is 0.321 e. The van der Waals surface area contributed by atoms with E-state index >= 15 is 0 Å². The number of hydrogen-bond acceptors (Lipinski definition) is 6. The standard InChI is InChI=1S/C23H17N5O2/c29-28(30)22-20(18-12-6-2-7-13-18)25-23(26-21(22)19-14-8-3-9-15-19)27-24-16-17-10-4-1-5-11-17/h1-16H,(H,25,26,27). The minimum Gasteiger partial charge on any atom is -0.258 e. The van der Waals surface area contributed by atoms with Crippen molar-refractivity contribution in [2.24, 2.45) is 5.10 Å². The van der Waals surface area contributed by atoms with E-state index in [0.29, 0.717) is 11.1 Å². The summed E-state index contributed by atoms with van der Waals surface area (Å²) in [6, 6.07) is 27.6. The molecule has 146 valence electrons. The first-order valence-corrected chi connectivity index (χ1v) is 9.24. The number of hydrazone groups is 1. The Labute approximate surface area is 172 Å². The number of anilines is 1. The zero-order chi connectivity index (χ0) is 20.8. The zero-order valence-electron chi connectivity index (χ0n) is 15.8. The van der Waals surface area contributed by atoms with Gasteiger partial charge in [-0.3, -0.25) is 10.1 Å². The summed E-state index contributed by atoms with van der Waals surface area (Å²) in [5.41, 5.74) is 5.26. The second-order valence-electron chi connectivity index (χ2n) is 6.36. The van der Waals surface area contributed by atoms with Gasteiger partial charge < -0.3 is 0 Å². The van der Waals surface area contributed by atoms with Gasteiger partial charge in [-0.15, -0.1) is 0 Å². The Kier molecular flexibility index (Phi) is 5.52. The fraction of sp³-hybridized carbons (Fsp3) is 0. The quantitative estimate of drug-likeness (QED) is 0.276. The molecule has 1 heterocycles. The van der Waals surface area contributed by atoms with Crippen molar-refractivity contribution in [1.29, 1.82) is 0 Å². The summed E-state index contributed by atoms with van der Waals surface area (Å²) in [6.45, 7) is 0. The molecule has 4 aromatic rings. The average Bonchev–Trinajstić information content (AvgIpc) is 2.80. The van der Waals surface area contributed by atoms with E-state index in [2.05, 4.69) is 20.5 Å². The van der Waals surface area contributed by atoms with Crippen LogP contribution >= 0.6 is 0 Å². The van der Waals surface area contributed by atoms with Crippen LogP contribution in [0, 0.1) is 10.1 Å². The molecule has 0 atom stereocenters. The first-order valence-electron chi connectivity index (χ1n) is 9.24. The second kappa shape index (κ2) is 8.74. The van der Waals surface area contributed by atoms with Gasteiger partial charge in [0, 0.05) is 11.1 Å². The number of nitro groups is 1. The smallest absolute Gasteiger partial charge is 0.258 e. The maximum absolute atomic E-state index is 12.0. The Balaban J connectivity index is 1.83. The Bertz CT molecular complexity index is 1120. The highest BCUT2D eigenvalue weighted by atomic mass is 16.6. The highest BCUT2D eigenvalue weighted by molar-refractivity contribution is 5.83. The lowest BCUT2D eigenvalue weighted by Crippen LogP contribution is -2.05. The van der Waals surface area contributed by atoms with E-state index in [0.717, 1.165) is 5.56 Å². The summed E-state index contributed by atoms with van der Waals surface area (Å²) < 4.78 is 0. The van der Waals surface area contributed by atoms with Gasteiger partial charge in [-0.1, -0.05) is 91.0 Å². The van der Waals surface area contributed by atoms with E-state index in [4.69, 9.17) is 0 Å². The molecule has 0 saturated heterocycles. The summed E-state index contributed by atoms with van der Waals surface area (Å²) in [6.07, 6.45) is 1.63. The molecule has 1 N–H and O–H groups in total. The van der Waals surface area contributed by atoms with E-state index in [1.807, 2.05) is 66.7 Å².